The van der Waals surface area contributed by atoms with Crippen molar-refractivity contribution in [2.24, 2.45) is 0 Å². The first-order valence-electron chi connectivity index (χ1n) is 16.8. The number of hydrogen-bond donors (Lipinski definition) is 0. The van der Waals surface area contributed by atoms with Gasteiger partial charge in [-0.05, 0) is 97.1 Å². The first kappa shape index (κ1) is 28.3. The fourth-order valence-corrected chi connectivity index (χ4v) is 7.79. The fourth-order valence-electron chi connectivity index (χ4n) is 7.79. The van der Waals surface area contributed by atoms with Gasteiger partial charge in [-0.25, -0.2) is 0 Å². The molecule has 9 rings (SSSR count). The van der Waals surface area contributed by atoms with Gasteiger partial charge in [-0.3, -0.25) is 0 Å². The van der Waals surface area contributed by atoms with E-state index in [2.05, 4.69) is 195 Å². The minimum Gasteiger partial charge on any atom is -0.310 e. The summed E-state index contributed by atoms with van der Waals surface area (Å²) < 4.78 is 0. The lowest BCUT2D eigenvalue weighted by molar-refractivity contribution is 0.660. The molecule has 1 heteroatoms. The van der Waals surface area contributed by atoms with Crippen molar-refractivity contribution in [3.05, 3.63) is 187 Å². The lowest BCUT2D eigenvalue weighted by atomic mass is 9.82. The SMILES string of the molecule is CC1(C)c2ccc(N(c3ccc(-c4ccc5ccccc5c4)cc3)c3cccc4ccccc34)cc2-c2c(-c3ccccc3)cccc21. The van der Waals surface area contributed by atoms with Gasteiger partial charge >= 0.3 is 0 Å². The molecule has 0 fully saturated rings. The number of fused-ring (bicyclic) bond motifs is 5. The lowest BCUT2D eigenvalue weighted by Gasteiger charge is -2.28. The highest BCUT2D eigenvalue weighted by atomic mass is 15.1. The molecule has 0 aromatic heterocycles. The predicted octanol–water partition coefficient (Wildman–Crippen LogP) is 13.1. The molecular weight excluding hydrogens is 579 g/mol. The fraction of sp³-hybridized carbons (Fsp3) is 0.0638. The van der Waals surface area contributed by atoms with Crippen molar-refractivity contribution in [3.63, 3.8) is 0 Å². The van der Waals surface area contributed by atoms with E-state index < -0.39 is 0 Å². The molecule has 0 unspecified atom stereocenters. The second-order valence-corrected chi connectivity index (χ2v) is 13.4. The molecule has 0 atom stereocenters. The summed E-state index contributed by atoms with van der Waals surface area (Å²) in [5.41, 5.74) is 13.7. The third kappa shape index (κ3) is 4.54. The first-order valence-corrected chi connectivity index (χ1v) is 16.8. The largest absolute Gasteiger partial charge is 0.310 e. The molecular formula is C47H35N. The Morgan fingerprint density at radius 3 is 1.90 bits per heavy atom. The number of benzene rings is 8. The van der Waals surface area contributed by atoms with Crippen molar-refractivity contribution >= 4 is 38.6 Å². The minimum atomic E-state index is -0.0975. The average molecular weight is 614 g/mol. The van der Waals surface area contributed by atoms with E-state index in [1.54, 1.807) is 0 Å². The van der Waals surface area contributed by atoms with E-state index in [-0.39, 0.29) is 5.41 Å². The molecule has 0 N–H and O–H groups in total. The second-order valence-electron chi connectivity index (χ2n) is 13.4. The molecule has 0 saturated heterocycles. The maximum atomic E-state index is 2.43. The Morgan fingerprint density at radius 2 is 1.06 bits per heavy atom. The Kier molecular flexibility index (Phi) is 6.55. The van der Waals surface area contributed by atoms with Gasteiger partial charge in [0.05, 0.1) is 5.69 Å². The van der Waals surface area contributed by atoms with Crippen molar-refractivity contribution in [3.8, 4) is 33.4 Å². The summed E-state index contributed by atoms with van der Waals surface area (Å²) in [6.45, 7) is 4.72. The van der Waals surface area contributed by atoms with Crippen LogP contribution < -0.4 is 4.90 Å². The van der Waals surface area contributed by atoms with Crippen molar-refractivity contribution in [2.45, 2.75) is 19.3 Å². The maximum Gasteiger partial charge on any atom is 0.0540 e. The standard InChI is InChI=1S/C47H35N/c1-47(2)43-29-28-39(31-42(43)46-41(19-11-20-44(46)47)35-13-4-3-5-14-35)48(45-21-10-17-34-15-8-9-18-40(34)45)38-26-24-33(25-27-38)37-23-22-32-12-6-7-16-36(32)30-37/h3-31H,1-2H3. The van der Waals surface area contributed by atoms with Gasteiger partial charge in [-0.2, -0.15) is 0 Å². The third-order valence-electron chi connectivity index (χ3n) is 10.2. The Hall–Kier alpha value is -5.92. The summed E-state index contributed by atoms with van der Waals surface area (Å²) in [5, 5.41) is 4.97. The van der Waals surface area contributed by atoms with E-state index in [1.807, 2.05) is 0 Å². The van der Waals surface area contributed by atoms with Crippen molar-refractivity contribution < 1.29 is 0 Å². The molecule has 0 bridgehead atoms. The van der Waals surface area contributed by atoms with Crippen molar-refractivity contribution in [2.75, 3.05) is 4.90 Å². The van der Waals surface area contributed by atoms with Gasteiger partial charge in [0.2, 0.25) is 0 Å². The summed E-state index contributed by atoms with van der Waals surface area (Å²) in [7, 11) is 0. The zero-order valence-electron chi connectivity index (χ0n) is 27.2. The summed E-state index contributed by atoms with van der Waals surface area (Å²) in [5.74, 6) is 0. The topological polar surface area (TPSA) is 3.24 Å². The van der Waals surface area contributed by atoms with Gasteiger partial charge < -0.3 is 4.90 Å². The van der Waals surface area contributed by atoms with E-state index in [9.17, 15) is 0 Å². The van der Waals surface area contributed by atoms with E-state index in [4.69, 9.17) is 0 Å². The Balaban J connectivity index is 1.23. The molecule has 48 heavy (non-hydrogen) atoms. The highest BCUT2D eigenvalue weighted by molar-refractivity contribution is 6.00. The van der Waals surface area contributed by atoms with E-state index in [0.29, 0.717) is 0 Å². The molecule has 8 aromatic carbocycles. The van der Waals surface area contributed by atoms with Crippen LogP contribution >= 0.6 is 0 Å². The van der Waals surface area contributed by atoms with Crippen LogP contribution in [0, 0.1) is 0 Å². The Bertz CT molecular complexity index is 2460. The van der Waals surface area contributed by atoms with E-state index in [1.165, 1.54) is 71.7 Å². The van der Waals surface area contributed by atoms with Crippen molar-refractivity contribution in [1.29, 1.82) is 0 Å². The van der Waals surface area contributed by atoms with Gasteiger partial charge in [-0.1, -0.05) is 153 Å². The summed E-state index contributed by atoms with van der Waals surface area (Å²) >= 11 is 0. The second kappa shape index (κ2) is 11.1. The maximum absolute atomic E-state index is 2.43. The van der Waals surface area contributed by atoms with Crippen LogP contribution in [-0.4, -0.2) is 0 Å². The summed E-state index contributed by atoms with van der Waals surface area (Å²) in [6, 6.07) is 64.4. The highest BCUT2D eigenvalue weighted by Gasteiger charge is 2.37. The molecule has 0 amide bonds. The molecule has 228 valence electrons. The number of nitrogens with zero attached hydrogens (tertiary/aromatic N) is 1. The molecule has 1 aliphatic carbocycles. The Morgan fingerprint density at radius 1 is 0.396 bits per heavy atom. The predicted molar refractivity (Wildman–Crippen MR) is 205 cm³/mol. The minimum absolute atomic E-state index is 0.0975. The molecule has 8 aromatic rings. The van der Waals surface area contributed by atoms with Crippen LogP contribution in [0.15, 0.2) is 176 Å². The van der Waals surface area contributed by atoms with Crippen LogP contribution in [0.1, 0.15) is 25.0 Å². The Labute approximate surface area is 282 Å². The molecule has 0 saturated carbocycles. The number of hydrogen-bond acceptors (Lipinski definition) is 1. The van der Waals surface area contributed by atoms with E-state index in [0.717, 1.165) is 11.4 Å². The van der Waals surface area contributed by atoms with Crippen LogP contribution in [0.3, 0.4) is 0 Å². The average Bonchev–Trinajstić information content (AvgIpc) is 3.38. The normalized spacial score (nSPS) is 13.0. The quantitative estimate of drug-likeness (QED) is 0.187. The molecule has 0 spiro atoms. The van der Waals surface area contributed by atoms with E-state index >= 15 is 0 Å². The molecule has 0 heterocycles. The monoisotopic (exact) mass is 613 g/mol. The van der Waals surface area contributed by atoms with Gasteiger partial charge in [0, 0.05) is 22.2 Å². The molecule has 1 nitrogen and oxygen atoms in total. The van der Waals surface area contributed by atoms with Crippen LogP contribution in [0.4, 0.5) is 17.1 Å². The first-order chi connectivity index (χ1) is 23.6. The van der Waals surface area contributed by atoms with Crippen LogP contribution in [0.25, 0.3) is 54.9 Å². The molecule has 0 radical (unpaired) electrons. The highest BCUT2D eigenvalue weighted by Crippen LogP contribution is 2.54. The van der Waals surface area contributed by atoms with Crippen LogP contribution in [0.5, 0.6) is 0 Å². The molecule has 1 aliphatic rings. The van der Waals surface area contributed by atoms with Gasteiger partial charge in [0.1, 0.15) is 0 Å². The third-order valence-corrected chi connectivity index (χ3v) is 10.2. The number of anilines is 3. The zero-order valence-corrected chi connectivity index (χ0v) is 27.2. The zero-order chi connectivity index (χ0) is 32.2. The molecule has 0 aliphatic heterocycles. The summed E-state index contributed by atoms with van der Waals surface area (Å²) in [6.07, 6.45) is 0. The number of rotatable bonds is 5. The van der Waals surface area contributed by atoms with Gasteiger partial charge in [-0.15, -0.1) is 0 Å². The van der Waals surface area contributed by atoms with Crippen LogP contribution in [-0.2, 0) is 5.41 Å². The summed E-state index contributed by atoms with van der Waals surface area (Å²) in [4.78, 5) is 2.43. The smallest absolute Gasteiger partial charge is 0.0540 e. The van der Waals surface area contributed by atoms with Crippen molar-refractivity contribution in [1.82, 2.24) is 0 Å². The van der Waals surface area contributed by atoms with Crippen LogP contribution in [0.2, 0.25) is 0 Å². The van der Waals surface area contributed by atoms with Gasteiger partial charge in [0.25, 0.3) is 0 Å². The van der Waals surface area contributed by atoms with Gasteiger partial charge in [0.15, 0.2) is 0 Å². The lowest BCUT2D eigenvalue weighted by Crippen LogP contribution is -2.15.